The fourth-order valence-corrected chi connectivity index (χ4v) is 3.75. The molecule has 1 aromatic heterocycles. The predicted octanol–water partition coefficient (Wildman–Crippen LogP) is 4.33. The van der Waals surface area contributed by atoms with Gasteiger partial charge in [-0.15, -0.1) is 0 Å². The van der Waals surface area contributed by atoms with Crippen molar-refractivity contribution in [3.05, 3.63) is 95.2 Å². The number of nitrogens with one attached hydrogen (secondary N) is 1. The van der Waals surface area contributed by atoms with Crippen LogP contribution in [0.5, 0.6) is 0 Å². The zero-order valence-corrected chi connectivity index (χ0v) is 17.1. The van der Waals surface area contributed by atoms with Gasteiger partial charge in [0.15, 0.2) is 0 Å². The lowest BCUT2D eigenvalue weighted by atomic mass is 10.1. The molecule has 0 radical (unpaired) electrons. The number of nitrogens with zero attached hydrogens (tertiary/aromatic N) is 2. The molecule has 2 aromatic carbocycles. The summed E-state index contributed by atoms with van der Waals surface area (Å²) in [6, 6.07) is 21.9. The number of anilines is 1. The summed E-state index contributed by atoms with van der Waals surface area (Å²) < 4.78 is 5.90. The third-order valence-electron chi connectivity index (χ3n) is 5.36. The number of benzene rings is 2. The maximum Gasteiger partial charge on any atom is 0.255 e. The molecule has 5 heteroatoms. The highest BCUT2D eigenvalue weighted by Gasteiger charge is 2.20. The van der Waals surface area contributed by atoms with Gasteiger partial charge in [-0.2, -0.15) is 0 Å². The first kappa shape index (κ1) is 20.1. The quantitative estimate of drug-likeness (QED) is 0.610. The van der Waals surface area contributed by atoms with E-state index in [4.69, 9.17) is 4.74 Å². The van der Waals surface area contributed by atoms with Gasteiger partial charge < -0.3 is 15.0 Å². The number of ether oxygens (including phenoxy) is 1. The van der Waals surface area contributed by atoms with Gasteiger partial charge in [-0.3, -0.25) is 4.79 Å². The number of aromatic nitrogens is 1. The monoisotopic (exact) mass is 401 g/mol. The van der Waals surface area contributed by atoms with E-state index in [9.17, 15) is 4.79 Å². The zero-order valence-electron chi connectivity index (χ0n) is 17.1. The summed E-state index contributed by atoms with van der Waals surface area (Å²) >= 11 is 0. The molecular weight excluding hydrogens is 374 g/mol. The third-order valence-corrected chi connectivity index (χ3v) is 5.36. The molecule has 0 saturated carbocycles. The predicted molar refractivity (Wildman–Crippen MR) is 118 cm³/mol. The minimum Gasteiger partial charge on any atom is -0.372 e. The van der Waals surface area contributed by atoms with Crippen LogP contribution in [0.2, 0.25) is 0 Å². The molecule has 1 aliphatic rings. The average molecular weight is 402 g/mol. The SMILES string of the molecule is O=C(NCc1ccccc1COCc1ccccc1)c1cccnc1N1CCCC1. The second-order valence-corrected chi connectivity index (χ2v) is 7.50. The van der Waals surface area contributed by atoms with Crippen molar-refractivity contribution in [1.29, 1.82) is 0 Å². The zero-order chi connectivity index (χ0) is 20.6. The number of rotatable bonds is 8. The molecule has 1 aliphatic heterocycles. The van der Waals surface area contributed by atoms with Gasteiger partial charge in [0.25, 0.3) is 5.91 Å². The van der Waals surface area contributed by atoms with Crippen LogP contribution in [0.4, 0.5) is 5.82 Å². The highest BCUT2D eigenvalue weighted by atomic mass is 16.5. The molecule has 0 atom stereocenters. The molecule has 154 valence electrons. The number of hydrogen-bond donors (Lipinski definition) is 1. The molecule has 5 nitrogen and oxygen atoms in total. The van der Waals surface area contributed by atoms with Gasteiger partial charge in [-0.1, -0.05) is 54.6 Å². The van der Waals surface area contributed by atoms with Crippen LogP contribution in [0, 0.1) is 0 Å². The van der Waals surface area contributed by atoms with Crippen molar-refractivity contribution >= 4 is 11.7 Å². The van der Waals surface area contributed by atoms with Crippen molar-refractivity contribution in [3.8, 4) is 0 Å². The Morgan fingerprint density at radius 3 is 2.43 bits per heavy atom. The van der Waals surface area contributed by atoms with Gasteiger partial charge >= 0.3 is 0 Å². The summed E-state index contributed by atoms with van der Waals surface area (Å²) in [5, 5.41) is 3.07. The summed E-state index contributed by atoms with van der Waals surface area (Å²) in [5.41, 5.74) is 3.93. The third kappa shape index (κ3) is 5.05. The van der Waals surface area contributed by atoms with Crippen LogP contribution in [0.25, 0.3) is 0 Å². The Kier molecular flexibility index (Phi) is 6.72. The number of hydrogen-bond acceptors (Lipinski definition) is 4. The lowest BCUT2D eigenvalue weighted by Crippen LogP contribution is -2.28. The van der Waals surface area contributed by atoms with Crippen LogP contribution in [-0.2, 0) is 24.5 Å². The minimum absolute atomic E-state index is 0.0926. The first-order valence-electron chi connectivity index (χ1n) is 10.5. The second-order valence-electron chi connectivity index (χ2n) is 7.50. The molecule has 4 rings (SSSR count). The topological polar surface area (TPSA) is 54.5 Å². The lowest BCUT2D eigenvalue weighted by Gasteiger charge is -2.19. The Hall–Kier alpha value is -3.18. The van der Waals surface area contributed by atoms with Crippen LogP contribution in [-0.4, -0.2) is 24.0 Å². The van der Waals surface area contributed by atoms with Crippen LogP contribution in [0.15, 0.2) is 72.9 Å². The molecule has 0 unspecified atom stereocenters. The number of carbonyl (C=O) groups is 1. The molecule has 3 aromatic rings. The van der Waals surface area contributed by atoms with Gasteiger partial charge in [-0.25, -0.2) is 4.98 Å². The number of amides is 1. The summed E-state index contributed by atoms with van der Waals surface area (Å²) in [6.07, 6.45) is 4.05. The van der Waals surface area contributed by atoms with E-state index in [1.54, 1.807) is 6.20 Å². The molecule has 0 spiro atoms. The molecule has 30 heavy (non-hydrogen) atoms. The Balaban J connectivity index is 1.38. The fraction of sp³-hybridized carbons (Fsp3) is 0.280. The van der Waals surface area contributed by atoms with E-state index in [0.29, 0.717) is 25.3 Å². The van der Waals surface area contributed by atoms with Crippen molar-refractivity contribution in [2.24, 2.45) is 0 Å². The standard InChI is InChI=1S/C25H27N3O2/c29-25(23-13-8-14-26-24(23)28-15-6-7-16-28)27-17-21-11-4-5-12-22(21)19-30-18-20-9-2-1-3-10-20/h1-5,8-14H,6-7,15-19H2,(H,27,29). The lowest BCUT2D eigenvalue weighted by molar-refractivity contribution is 0.0948. The van der Waals surface area contributed by atoms with E-state index in [1.165, 1.54) is 0 Å². The first-order valence-corrected chi connectivity index (χ1v) is 10.5. The van der Waals surface area contributed by atoms with E-state index in [2.05, 4.69) is 27.3 Å². The maximum atomic E-state index is 12.9. The van der Waals surface area contributed by atoms with Gasteiger partial charge in [-0.05, 0) is 41.7 Å². The van der Waals surface area contributed by atoms with Crippen molar-refractivity contribution in [3.63, 3.8) is 0 Å². The summed E-state index contributed by atoms with van der Waals surface area (Å²) in [6.45, 7) is 3.44. The van der Waals surface area contributed by atoms with E-state index >= 15 is 0 Å². The second kappa shape index (κ2) is 10.0. The average Bonchev–Trinajstić information content (AvgIpc) is 3.34. The molecule has 2 heterocycles. The molecule has 1 saturated heterocycles. The van der Waals surface area contributed by atoms with E-state index in [1.807, 2.05) is 54.6 Å². The molecule has 1 fully saturated rings. The fourth-order valence-electron chi connectivity index (χ4n) is 3.75. The van der Waals surface area contributed by atoms with E-state index < -0.39 is 0 Å². The molecule has 0 aliphatic carbocycles. The molecule has 0 bridgehead atoms. The van der Waals surface area contributed by atoms with Crippen molar-refractivity contribution in [2.75, 3.05) is 18.0 Å². The van der Waals surface area contributed by atoms with Gasteiger partial charge in [0.2, 0.25) is 0 Å². The number of carbonyl (C=O) groups excluding carboxylic acids is 1. The molecule has 1 N–H and O–H groups in total. The minimum atomic E-state index is -0.0926. The molecule has 1 amide bonds. The van der Waals surface area contributed by atoms with E-state index in [0.717, 1.165) is 48.4 Å². The maximum absolute atomic E-state index is 12.9. The van der Waals surface area contributed by atoms with Crippen LogP contribution in [0.1, 0.15) is 39.9 Å². The Labute approximate surface area is 177 Å². The normalized spacial score (nSPS) is 13.4. The molecular formula is C25H27N3O2. The highest BCUT2D eigenvalue weighted by Crippen LogP contribution is 2.22. The van der Waals surface area contributed by atoms with Crippen molar-refractivity contribution in [2.45, 2.75) is 32.6 Å². The Bertz CT molecular complexity index is 969. The summed E-state index contributed by atoms with van der Waals surface area (Å²) in [7, 11) is 0. The Morgan fingerprint density at radius 2 is 1.63 bits per heavy atom. The number of pyridine rings is 1. The smallest absolute Gasteiger partial charge is 0.255 e. The van der Waals surface area contributed by atoms with Crippen molar-refractivity contribution < 1.29 is 9.53 Å². The van der Waals surface area contributed by atoms with Gasteiger partial charge in [0.05, 0.1) is 18.8 Å². The van der Waals surface area contributed by atoms with E-state index in [-0.39, 0.29) is 5.91 Å². The first-order chi connectivity index (χ1) is 14.8. The van der Waals surface area contributed by atoms with Crippen LogP contribution < -0.4 is 10.2 Å². The van der Waals surface area contributed by atoms with Gasteiger partial charge in [0, 0.05) is 25.8 Å². The van der Waals surface area contributed by atoms with Crippen molar-refractivity contribution in [1.82, 2.24) is 10.3 Å². The largest absolute Gasteiger partial charge is 0.372 e. The summed E-state index contributed by atoms with van der Waals surface area (Å²) in [5.74, 6) is 0.692. The van der Waals surface area contributed by atoms with Gasteiger partial charge in [0.1, 0.15) is 5.82 Å². The summed E-state index contributed by atoms with van der Waals surface area (Å²) in [4.78, 5) is 19.6. The highest BCUT2D eigenvalue weighted by molar-refractivity contribution is 5.98. The Morgan fingerprint density at radius 1 is 0.900 bits per heavy atom. The van der Waals surface area contributed by atoms with Crippen LogP contribution >= 0.6 is 0 Å². The van der Waals surface area contributed by atoms with Crippen LogP contribution in [0.3, 0.4) is 0 Å².